The minimum absolute atomic E-state index is 0.0517. The van der Waals surface area contributed by atoms with Crippen molar-refractivity contribution in [1.82, 2.24) is 15.6 Å². The summed E-state index contributed by atoms with van der Waals surface area (Å²) in [5.41, 5.74) is 1.75. The minimum atomic E-state index is -0.0517. The molecule has 1 aromatic heterocycles. The third-order valence-corrected chi connectivity index (χ3v) is 4.08. The fourth-order valence-corrected chi connectivity index (χ4v) is 2.98. The number of benzene rings is 1. The smallest absolute Gasteiger partial charge is 0.263 e. The summed E-state index contributed by atoms with van der Waals surface area (Å²) in [4.78, 5) is 17.6. The molecule has 1 atom stereocenters. The second-order valence-corrected chi connectivity index (χ2v) is 6.15. The van der Waals surface area contributed by atoms with Crippen molar-refractivity contribution in [1.29, 1.82) is 0 Å². The van der Waals surface area contributed by atoms with Gasteiger partial charge in [-0.1, -0.05) is 37.3 Å². The van der Waals surface area contributed by atoms with Crippen molar-refractivity contribution < 1.29 is 4.79 Å². The van der Waals surface area contributed by atoms with E-state index in [-0.39, 0.29) is 11.9 Å². The number of likely N-dealkylation sites (N-methyl/N-ethyl adjacent to an activating group) is 1. The van der Waals surface area contributed by atoms with Crippen LogP contribution in [-0.2, 0) is 0 Å². The summed E-state index contributed by atoms with van der Waals surface area (Å²) in [5.74, 6) is -0.0517. The molecule has 4 nitrogen and oxygen atoms in total. The summed E-state index contributed by atoms with van der Waals surface area (Å²) in [6.07, 6.45) is 0. The molecular weight excluding hydrogens is 282 g/mol. The molecule has 1 amide bonds. The Morgan fingerprint density at radius 3 is 2.71 bits per heavy atom. The van der Waals surface area contributed by atoms with E-state index in [1.54, 1.807) is 0 Å². The number of hydrogen-bond acceptors (Lipinski definition) is 4. The largest absolute Gasteiger partial charge is 0.350 e. The maximum atomic E-state index is 12.4. The second kappa shape index (κ2) is 7.33. The van der Waals surface area contributed by atoms with Crippen LogP contribution in [0.15, 0.2) is 30.3 Å². The quantitative estimate of drug-likeness (QED) is 0.863. The number of aryl methyl sites for hydroxylation is 1. The lowest BCUT2D eigenvalue weighted by Crippen LogP contribution is -2.38. The average molecular weight is 303 g/mol. The highest BCUT2D eigenvalue weighted by molar-refractivity contribution is 7.14. The molecule has 2 N–H and O–H groups in total. The SMILES string of the molecule is CCN[C@H](C)CNC(=O)c1sc(C)nc1-c1ccccc1. The molecule has 0 saturated heterocycles. The number of nitrogens with zero attached hydrogens (tertiary/aromatic N) is 1. The number of hydrogen-bond donors (Lipinski definition) is 2. The molecular formula is C16H21N3OS. The van der Waals surface area contributed by atoms with Gasteiger partial charge in [0, 0.05) is 18.2 Å². The zero-order valence-electron chi connectivity index (χ0n) is 12.6. The molecule has 112 valence electrons. The number of rotatable bonds is 6. The Kier molecular flexibility index (Phi) is 5.47. The van der Waals surface area contributed by atoms with Crippen LogP contribution in [0.2, 0.25) is 0 Å². The summed E-state index contributed by atoms with van der Waals surface area (Å²) in [6, 6.07) is 10.1. The first-order valence-electron chi connectivity index (χ1n) is 7.16. The molecule has 0 aliphatic heterocycles. The lowest BCUT2D eigenvalue weighted by molar-refractivity contribution is 0.0954. The van der Waals surface area contributed by atoms with Crippen LogP contribution >= 0.6 is 11.3 Å². The molecule has 0 radical (unpaired) electrons. The van der Waals surface area contributed by atoms with Crippen molar-refractivity contribution in [3.8, 4) is 11.3 Å². The van der Waals surface area contributed by atoms with E-state index < -0.39 is 0 Å². The molecule has 5 heteroatoms. The topological polar surface area (TPSA) is 54.0 Å². The highest BCUT2D eigenvalue weighted by Crippen LogP contribution is 2.27. The molecule has 0 aliphatic rings. The Morgan fingerprint density at radius 1 is 1.33 bits per heavy atom. The number of amides is 1. The fourth-order valence-electron chi connectivity index (χ4n) is 2.12. The van der Waals surface area contributed by atoms with Crippen LogP contribution < -0.4 is 10.6 Å². The van der Waals surface area contributed by atoms with Gasteiger partial charge in [0.1, 0.15) is 4.88 Å². The van der Waals surface area contributed by atoms with Gasteiger partial charge in [0.05, 0.1) is 10.7 Å². The van der Waals surface area contributed by atoms with Crippen LogP contribution in [0.5, 0.6) is 0 Å². The van der Waals surface area contributed by atoms with Gasteiger partial charge < -0.3 is 10.6 Å². The zero-order valence-corrected chi connectivity index (χ0v) is 13.5. The van der Waals surface area contributed by atoms with E-state index in [2.05, 4.69) is 29.5 Å². The van der Waals surface area contributed by atoms with E-state index in [1.165, 1.54) is 11.3 Å². The number of carbonyl (C=O) groups is 1. The van der Waals surface area contributed by atoms with E-state index in [0.29, 0.717) is 11.4 Å². The number of carbonyl (C=O) groups excluding carboxylic acids is 1. The highest BCUT2D eigenvalue weighted by atomic mass is 32.1. The summed E-state index contributed by atoms with van der Waals surface area (Å²) in [7, 11) is 0. The van der Waals surface area contributed by atoms with Crippen LogP contribution in [0, 0.1) is 6.92 Å². The van der Waals surface area contributed by atoms with Gasteiger partial charge >= 0.3 is 0 Å². The highest BCUT2D eigenvalue weighted by Gasteiger charge is 2.18. The molecule has 0 spiro atoms. The summed E-state index contributed by atoms with van der Waals surface area (Å²) in [6.45, 7) is 7.54. The van der Waals surface area contributed by atoms with Crippen molar-refractivity contribution in [2.24, 2.45) is 0 Å². The maximum absolute atomic E-state index is 12.4. The normalized spacial score (nSPS) is 12.1. The molecule has 0 fully saturated rings. The maximum Gasteiger partial charge on any atom is 0.263 e. The predicted molar refractivity (Wildman–Crippen MR) is 87.8 cm³/mol. The van der Waals surface area contributed by atoms with Gasteiger partial charge in [-0.25, -0.2) is 4.98 Å². The second-order valence-electron chi connectivity index (χ2n) is 4.95. The molecule has 0 bridgehead atoms. The van der Waals surface area contributed by atoms with Gasteiger partial charge in [0.2, 0.25) is 0 Å². The molecule has 0 saturated carbocycles. The molecule has 2 aromatic rings. The van der Waals surface area contributed by atoms with Gasteiger partial charge in [0.15, 0.2) is 0 Å². The van der Waals surface area contributed by atoms with Crippen molar-refractivity contribution in [2.45, 2.75) is 26.8 Å². The van der Waals surface area contributed by atoms with Gasteiger partial charge in [0.25, 0.3) is 5.91 Å². The molecule has 0 unspecified atom stereocenters. The van der Waals surface area contributed by atoms with Crippen molar-refractivity contribution >= 4 is 17.2 Å². The molecule has 1 aromatic carbocycles. The van der Waals surface area contributed by atoms with E-state index in [9.17, 15) is 4.79 Å². The average Bonchev–Trinajstić information content (AvgIpc) is 2.88. The third-order valence-electron chi connectivity index (χ3n) is 3.11. The molecule has 21 heavy (non-hydrogen) atoms. The number of nitrogens with one attached hydrogen (secondary N) is 2. The first-order chi connectivity index (χ1) is 10.1. The number of thiazole rings is 1. The Labute approximate surface area is 129 Å². The molecule has 2 rings (SSSR count). The predicted octanol–water partition coefficient (Wildman–Crippen LogP) is 2.85. The minimum Gasteiger partial charge on any atom is -0.350 e. The van der Waals surface area contributed by atoms with Crippen LogP contribution in [-0.4, -0.2) is 30.0 Å². The van der Waals surface area contributed by atoms with Crippen LogP contribution in [0.4, 0.5) is 0 Å². The lowest BCUT2D eigenvalue weighted by Gasteiger charge is -2.13. The number of aromatic nitrogens is 1. The van der Waals surface area contributed by atoms with E-state index in [1.807, 2.05) is 37.3 Å². The first-order valence-corrected chi connectivity index (χ1v) is 7.98. The van der Waals surface area contributed by atoms with Crippen LogP contribution in [0.25, 0.3) is 11.3 Å². The summed E-state index contributed by atoms with van der Waals surface area (Å²) >= 11 is 1.44. The van der Waals surface area contributed by atoms with Gasteiger partial charge in [-0.3, -0.25) is 4.79 Å². The standard InChI is InChI=1S/C16H21N3OS/c1-4-17-11(2)10-18-16(20)15-14(19-12(3)21-15)13-8-6-5-7-9-13/h5-9,11,17H,4,10H2,1-3H3,(H,18,20)/t11-/m1/s1. The van der Waals surface area contributed by atoms with E-state index in [0.717, 1.165) is 22.8 Å². The molecule has 1 heterocycles. The Hall–Kier alpha value is -1.72. The van der Waals surface area contributed by atoms with Gasteiger partial charge in [-0.2, -0.15) is 0 Å². The third kappa shape index (κ3) is 4.12. The summed E-state index contributed by atoms with van der Waals surface area (Å²) in [5, 5.41) is 7.15. The fraction of sp³-hybridized carbons (Fsp3) is 0.375. The van der Waals surface area contributed by atoms with Gasteiger partial charge in [-0.15, -0.1) is 11.3 Å². The van der Waals surface area contributed by atoms with Crippen LogP contribution in [0.3, 0.4) is 0 Å². The van der Waals surface area contributed by atoms with Crippen LogP contribution in [0.1, 0.15) is 28.5 Å². The Bertz CT molecular complexity index is 595. The van der Waals surface area contributed by atoms with Crippen molar-refractivity contribution in [3.63, 3.8) is 0 Å². The summed E-state index contributed by atoms with van der Waals surface area (Å²) < 4.78 is 0. The zero-order chi connectivity index (χ0) is 15.2. The van der Waals surface area contributed by atoms with Crippen molar-refractivity contribution in [2.75, 3.05) is 13.1 Å². The Morgan fingerprint density at radius 2 is 2.05 bits per heavy atom. The molecule has 0 aliphatic carbocycles. The Balaban J connectivity index is 2.15. The van der Waals surface area contributed by atoms with Gasteiger partial charge in [-0.05, 0) is 20.4 Å². The first kappa shape index (κ1) is 15.7. The van der Waals surface area contributed by atoms with E-state index in [4.69, 9.17) is 0 Å². The van der Waals surface area contributed by atoms with Crippen molar-refractivity contribution in [3.05, 3.63) is 40.2 Å². The lowest BCUT2D eigenvalue weighted by atomic mass is 10.1. The monoisotopic (exact) mass is 303 g/mol. The van der Waals surface area contributed by atoms with E-state index >= 15 is 0 Å².